The molecule has 0 aliphatic heterocycles. The van der Waals surface area contributed by atoms with Crippen molar-refractivity contribution in [1.82, 2.24) is 20.1 Å². The molecule has 2 rings (SSSR count). The molecule has 1 heterocycles. The lowest BCUT2D eigenvalue weighted by atomic mass is 9.94. The number of rotatable bonds is 5. The molecule has 1 aromatic carbocycles. The van der Waals surface area contributed by atoms with E-state index in [9.17, 15) is 18.3 Å². The van der Waals surface area contributed by atoms with Crippen LogP contribution in [0.1, 0.15) is 36.8 Å². The Bertz CT molecular complexity index is 667. The third-order valence-corrected chi connectivity index (χ3v) is 3.70. The maximum absolute atomic E-state index is 12.8. The Morgan fingerprint density at radius 2 is 1.96 bits per heavy atom. The largest absolute Gasteiger partial charge is 0.416 e. The second-order valence-corrected chi connectivity index (χ2v) is 5.70. The van der Waals surface area contributed by atoms with Gasteiger partial charge in [-0.1, -0.05) is 12.1 Å². The molecule has 0 saturated heterocycles. The number of nitrogens with one attached hydrogen (secondary N) is 1. The third kappa shape index (κ3) is 4.08. The molecule has 0 aliphatic rings. The molecule has 0 saturated carbocycles. The number of alkyl halides is 3. The number of aliphatic hydroxyl groups is 1. The maximum Gasteiger partial charge on any atom is 0.416 e. The van der Waals surface area contributed by atoms with E-state index in [0.29, 0.717) is 5.82 Å². The molecule has 0 bridgehead atoms. The summed E-state index contributed by atoms with van der Waals surface area (Å²) in [5, 5.41) is 17.5. The van der Waals surface area contributed by atoms with Crippen LogP contribution in [-0.4, -0.2) is 26.4 Å². The Morgan fingerprint density at radius 1 is 1.30 bits per heavy atom. The van der Waals surface area contributed by atoms with Crippen molar-refractivity contribution in [3.05, 3.63) is 47.5 Å². The maximum atomic E-state index is 12.8. The van der Waals surface area contributed by atoms with Gasteiger partial charge in [0.2, 0.25) is 0 Å². The summed E-state index contributed by atoms with van der Waals surface area (Å²) in [5.41, 5.74) is -2.03. The summed E-state index contributed by atoms with van der Waals surface area (Å²) in [6.45, 7) is 3.38. The average molecular weight is 328 g/mol. The van der Waals surface area contributed by atoms with E-state index in [1.165, 1.54) is 25.4 Å². The molecule has 2 aromatic rings. The Morgan fingerprint density at radius 3 is 2.52 bits per heavy atom. The number of nitrogens with zero attached hydrogens (tertiary/aromatic N) is 3. The fraction of sp³-hybridized carbons (Fsp3) is 0.467. The van der Waals surface area contributed by atoms with Crippen LogP contribution in [-0.2, 0) is 18.8 Å². The molecule has 0 spiro atoms. The highest BCUT2D eigenvalue weighted by atomic mass is 19.4. The predicted molar refractivity (Wildman–Crippen MR) is 78.4 cm³/mol. The molecule has 0 radical (unpaired) electrons. The molecule has 2 N–H and O–H groups in total. The van der Waals surface area contributed by atoms with Gasteiger partial charge in [-0.15, -0.1) is 0 Å². The highest BCUT2D eigenvalue weighted by molar-refractivity contribution is 5.29. The smallest absolute Gasteiger partial charge is 0.384 e. The first kappa shape index (κ1) is 17.4. The van der Waals surface area contributed by atoms with Gasteiger partial charge in [0, 0.05) is 13.6 Å². The van der Waals surface area contributed by atoms with Gasteiger partial charge < -0.3 is 10.4 Å². The summed E-state index contributed by atoms with van der Waals surface area (Å²) in [6, 6.07) is 4.51. The molecular weight excluding hydrogens is 309 g/mol. The Labute approximate surface area is 132 Å². The number of hydrogen-bond donors (Lipinski definition) is 2. The summed E-state index contributed by atoms with van der Waals surface area (Å²) in [7, 11) is 1.74. The monoisotopic (exact) mass is 328 g/mol. The number of halogens is 3. The van der Waals surface area contributed by atoms with Crippen LogP contribution in [0.5, 0.6) is 0 Å². The molecule has 0 aliphatic carbocycles. The Balaban J connectivity index is 2.11. The van der Waals surface area contributed by atoms with Gasteiger partial charge in [0.15, 0.2) is 0 Å². The van der Waals surface area contributed by atoms with Crippen molar-refractivity contribution in [2.75, 3.05) is 6.54 Å². The van der Waals surface area contributed by atoms with Gasteiger partial charge in [0.05, 0.1) is 17.2 Å². The molecular formula is C15H19F3N4O. The zero-order valence-corrected chi connectivity index (χ0v) is 13.1. The highest BCUT2D eigenvalue weighted by Gasteiger charge is 2.33. The van der Waals surface area contributed by atoms with Crippen molar-refractivity contribution in [1.29, 1.82) is 0 Å². The lowest BCUT2D eigenvalue weighted by Crippen LogP contribution is -2.37. The van der Waals surface area contributed by atoms with E-state index < -0.39 is 17.3 Å². The van der Waals surface area contributed by atoms with E-state index in [2.05, 4.69) is 15.4 Å². The number of aromatic nitrogens is 3. The molecule has 0 amide bonds. The first-order valence-corrected chi connectivity index (χ1v) is 7.08. The van der Waals surface area contributed by atoms with E-state index >= 15 is 0 Å². The van der Waals surface area contributed by atoms with Crippen molar-refractivity contribution < 1.29 is 18.3 Å². The van der Waals surface area contributed by atoms with Crippen molar-refractivity contribution in [3.63, 3.8) is 0 Å². The zero-order chi connectivity index (χ0) is 17.3. The first-order chi connectivity index (χ1) is 10.6. The fourth-order valence-electron chi connectivity index (χ4n) is 2.27. The predicted octanol–water partition coefficient (Wildman–Crippen LogP) is 2.39. The molecule has 126 valence electrons. The van der Waals surface area contributed by atoms with E-state index in [4.69, 9.17) is 0 Å². The summed E-state index contributed by atoms with van der Waals surface area (Å²) in [6.07, 6.45) is -3.02. The lowest BCUT2D eigenvalue weighted by Gasteiger charge is -2.27. The topological polar surface area (TPSA) is 63.0 Å². The van der Waals surface area contributed by atoms with E-state index in [0.717, 1.165) is 12.1 Å². The molecule has 2 unspecified atom stereocenters. The van der Waals surface area contributed by atoms with Gasteiger partial charge in [-0.2, -0.15) is 18.3 Å². The fourth-order valence-corrected chi connectivity index (χ4v) is 2.27. The van der Waals surface area contributed by atoms with Crippen LogP contribution in [0.25, 0.3) is 0 Å². The Kier molecular flexibility index (Phi) is 4.76. The quantitative estimate of drug-likeness (QED) is 0.885. The van der Waals surface area contributed by atoms with Crippen molar-refractivity contribution >= 4 is 0 Å². The normalized spacial score (nSPS) is 16.1. The standard InChI is InChI=1S/C15H19F3N4O/c1-10(13-20-9-21-22(13)3)19-8-14(2,23)11-5-4-6-12(7-11)15(16,17)18/h4-7,9-10,19,23H,8H2,1-3H3. The number of benzene rings is 1. The minimum absolute atomic E-state index is 0.0718. The minimum Gasteiger partial charge on any atom is -0.384 e. The average Bonchev–Trinajstić information content (AvgIpc) is 2.90. The number of aryl methyl sites for hydroxylation is 1. The third-order valence-electron chi connectivity index (χ3n) is 3.70. The Hall–Kier alpha value is -1.93. The van der Waals surface area contributed by atoms with Gasteiger partial charge in [0.1, 0.15) is 12.2 Å². The summed E-state index contributed by atoms with van der Waals surface area (Å²) < 4.78 is 39.9. The van der Waals surface area contributed by atoms with Gasteiger partial charge in [-0.05, 0) is 31.5 Å². The van der Waals surface area contributed by atoms with Gasteiger partial charge >= 0.3 is 6.18 Å². The minimum atomic E-state index is -4.44. The summed E-state index contributed by atoms with van der Waals surface area (Å²) >= 11 is 0. The summed E-state index contributed by atoms with van der Waals surface area (Å²) in [4.78, 5) is 4.09. The molecule has 2 atom stereocenters. The second kappa shape index (κ2) is 6.29. The summed E-state index contributed by atoms with van der Waals surface area (Å²) in [5.74, 6) is 0.671. The van der Waals surface area contributed by atoms with E-state index in [1.807, 2.05) is 6.92 Å². The molecule has 1 aromatic heterocycles. The molecule has 5 nitrogen and oxygen atoms in total. The van der Waals surface area contributed by atoms with Crippen LogP contribution in [0.4, 0.5) is 13.2 Å². The van der Waals surface area contributed by atoms with Crippen molar-refractivity contribution in [3.8, 4) is 0 Å². The molecule has 23 heavy (non-hydrogen) atoms. The van der Waals surface area contributed by atoms with Crippen LogP contribution in [0.2, 0.25) is 0 Å². The van der Waals surface area contributed by atoms with Crippen LogP contribution in [0.15, 0.2) is 30.6 Å². The van der Waals surface area contributed by atoms with E-state index in [1.54, 1.807) is 11.7 Å². The van der Waals surface area contributed by atoms with Crippen LogP contribution < -0.4 is 5.32 Å². The van der Waals surface area contributed by atoms with Crippen LogP contribution in [0.3, 0.4) is 0 Å². The SMILES string of the molecule is CC(NCC(C)(O)c1cccc(C(F)(F)F)c1)c1ncnn1C. The van der Waals surface area contributed by atoms with Crippen LogP contribution >= 0.6 is 0 Å². The second-order valence-electron chi connectivity index (χ2n) is 5.70. The van der Waals surface area contributed by atoms with Gasteiger partial charge in [0.25, 0.3) is 0 Å². The van der Waals surface area contributed by atoms with Gasteiger partial charge in [-0.3, -0.25) is 4.68 Å². The lowest BCUT2D eigenvalue weighted by molar-refractivity contribution is -0.137. The van der Waals surface area contributed by atoms with Crippen molar-refractivity contribution in [2.45, 2.75) is 31.7 Å². The first-order valence-electron chi connectivity index (χ1n) is 7.08. The number of hydrogen-bond acceptors (Lipinski definition) is 4. The van der Waals surface area contributed by atoms with Crippen LogP contribution in [0, 0.1) is 0 Å². The molecule has 0 fully saturated rings. The van der Waals surface area contributed by atoms with E-state index in [-0.39, 0.29) is 18.2 Å². The van der Waals surface area contributed by atoms with Crippen molar-refractivity contribution in [2.24, 2.45) is 7.05 Å². The van der Waals surface area contributed by atoms with Gasteiger partial charge in [-0.25, -0.2) is 4.98 Å². The molecule has 8 heteroatoms. The zero-order valence-electron chi connectivity index (χ0n) is 13.1. The highest BCUT2D eigenvalue weighted by Crippen LogP contribution is 2.32.